The van der Waals surface area contributed by atoms with E-state index in [1.54, 1.807) is 6.08 Å². The topological polar surface area (TPSA) is 108 Å². The number of phosphoric acid groups is 1. The van der Waals surface area contributed by atoms with Crippen LogP contribution in [-0.2, 0) is 18.4 Å². The molecule has 0 heterocycles. The number of hydrogen-bond donors (Lipinski definition) is 2. The number of hydrogen-bond acceptors (Lipinski definition) is 6. The summed E-state index contributed by atoms with van der Waals surface area (Å²) in [4.78, 5) is 25.7. The van der Waals surface area contributed by atoms with Gasteiger partial charge in [-0.3, -0.25) is 9.36 Å². The number of carbonyl (C=O) groups excluding carboxylic acids is 1. The number of likely N-dealkylation sites (N-methyl/N-ethyl adjacent to an activating group) is 1. The van der Waals surface area contributed by atoms with Crippen molar-refractivity contribution in [2.75, 3.05) is 40.9 Å². The van der Waals surface area contributed by atoms with E-state index in [-0.39, 0.29) is 12.5 Å². The SMILES string of the molecule is CC/C=C\C/C=C\C/C=C\C/C=C\C/C=C\C/C=C\CCCCCCCCCCCCCCCCCCCCCCCCC(=O)NC(COP(=O)([O-])OCC[N+](C)(C)C)C(O)/C=C/CC/C=C/CCCCCCCCCCCCCCCCCCCCCCCC. The Labute approximate surface area is 566 Å². The van der Waals surface area contributed by atoms with Crippen molar-refractivity contribution in [3.8, 4) is 0 Å². The zero-order chi connectivity index (χ0) is 66.2. The maximum Gasteiger partial charge on any atom is 0.268 e. The molecule has 8 nitrogen and oxygen atoms in total. The van der Waals surface area contributed by atoms with Crippen LogP contribution in [0.15, 0.2) is 97.2 Å². The fraction of sp³-hybridized carbons (Fsp3) is 0.793. The molecular weight excluding hydrogens is 1140 g/mol. The monoisotopic (exact) mass is 1290 g/mol. The van der Waals surface area contributed by atoms with E-state index in [0.29, 0.717) is 17.4 Å². The molecule has 2 N–H and O–H groups in total. The summed E-state index contributed by atoms with van der Waals surface area (Å²) in [6, 6.07) is -0.908. The molecule has 0 fully saturated rings. The Balaban J connectivity index is 3.99. The molecule has 9 heteroatoms. The summed E-state index contributed by atoms with van der Waals surface area (Å²) in [6.45, 7) is 4.56. The Morgan fingerprint density at radius 3 is 1.02 bits per heavy atom. The van der Waals surface area contributed by atoms with Crippen LogP contribution in [0.25, 0.3) is 0 Å². The van der Waals surface area contributed by atoms with Gasteiger partial charge in [-0.2, -0.15) is 0 Å². The van der Waals surface area contributed by atoms with Crippen LogP contribution in [-0.4, -0.2) is 68.5 Å². The van der Waals surface area contributed by atoms with Crippen LogP contribution >= 0.6 is 7.82 Å². The summed E-state index contributed by atoms with van der Waals surface area (Å²) < 4.78 is 23.5. The molecule has 530 valence electrons. The van der Waals surface area contributed by atoms with Crippen molar-refractivity contribution < 1.29 is 32.9 Å². The molecule has 0 spiro atoms. The minimum atomic E-state index is -4.62. The Hall–Kier alpha value is -2.58. The van der Waals surface area contributed by atoms with E-state index in [9.17, 15) is 19.4 Å². The molecule has 91 heavy (non-hydrogen) atoms. The first-order valence-electron chi connectivity index (χ1n) is 39.1. The van der Waals surface area contributed by atoms with Gasteiger partial charge >= 0.3 is 0 Å². The zero-order valence-electron chi connectivity index (χ0n) is 60.8. The van der Waals surface area contributed by atoms with Gasteiger partial charge in [0.1, 0.15) is 13.2 Å². The summed E-state index contributed by atoms with van der Waals surface area (Å²) >= 11 is 0. The van der Waals surface area contributed by atoms with Crippen LogP contribution in [0.2, 0.25) is 0 Å². The summed E-state index contributed by atoms with van der Waals surface area (Å²) in [7, 11) is 1.25. The Morgan fingerprint density at radius 2 is 0.681 bits per heavy atom. The number of nitrogens with zero attached hydrogens (tertiary/aromatic N) is 1. The first-order valence-corrected chi connectivity index (χ1v) is 40.6. The number of rotatable bonds is 72. The molecule has 0 aliphatic carbocycles. The van der Waals surface area contributed by atoms with Crippen molar-refractivity contribution in [3.05, 3.63) is 97.2 Å². The second-order valence-corrected chi connectivity index (χ2v) is 29.1. The molecule has 0 aliphatic rings. The van der Waals surface area contributed by atoms with Gasteiger partial charge in [0, 0.05) is 6.42 Å². The fourth-order valence-corrected chi connectivity index (χ4v) is 12.3. The van der Waals surface area contributed by atoms with Crippen molar-refractivity contribution in [2.45, 2.75) is 379 Å². The average molecular weight is 1290 g/mol. The third kappa shape index (κ3) is 74.7. The highest BCUT2D eigenvalue weighted by Gasteiger charge is 2.23. The number of aliphatic hydroxyl groups excluding tert-OH is 1. The zero-order valence-corrected chi connectivity index (χ0v) is 61.7. The van der Waals surface area contributed by atoms with Crippen LogP contribution in [0.1, 0.15) is 367 Å². The summed E-state index contributed by atoms with van der Waals surface area (Å²) in [5, 5.41) is 14.0. The quantitative estimate of drug-likeness (QED) is 0.0272. The number of unbranched alkanes of at least 4 members (excludes halogenated alkanes) is 45. The average Bonchev–Trinajstić information content (AvgIpc) is 3.59. The smallest absolute Gasteiger partial charge is 0.268 e. The Morgan fingerprint density at radius 1 is 0.396 bits per heavy atom. The first-order chi connectivity index (χ1) is 44.5. The molecule has 3 unspecified atom stereocenters. The van der Waals surface area contributed by atoms with Crippen molar-refractivity contribution in [1.29, 1.82) is 0 Å². The molecule has 0 aromatic rings. The van der Waals surface area contributed by atoms with Crippen LogP contribution in [0.3, 0.4) is 0 Å². The lowest BCUT2D eigenvalue weighted by atomic mass is 10.0. The molecule has 0 aromatic heterocycles. The van der Waals surface area contributed by atoms with E-state index in [1.165, 1.54) is 270 Å². The number of nitrogens with one attached hydrogen (secondary N) is 1. The molecule has 0 bridgehead atoms. The second-order valence-electron chi connectivity index (χ2n) is 27.7. The molecule has 0 rings (SSSR count). The fourth-order valence-electron chi connectivity index (χ4n) is 11.5. The van der Waals surface area contributed by atoms with Crippen molar-refractivity contribution in [2.24, 2.45) is 0 Å². The maximum absolute atomic E-state index is 13.1. The molecule has 0 radical (unpaired) electrons. The molecule has 0 saturated carbocycles. The Kier molecular flexibility index (Phi) is 69.7. The molecule has 0 aromatic carbocycles. The van der Waals surface area contributed by atoms with E-state index >= 15 is 0 Å². The molecular formula is C82H151N2O6P. The third-order valence-corrected chi connectivity index (χ3v) is 18.5. The van der Waals surface area contributed by atoms with E-state index < -0.39 is 26.6 Å². The second kappa shape index (κ2) is 71.7. The summed E-state index contributed by atoms with van der Waals surface area (Å²) in [6.07, 6.45) is 104. The van der Waals surface area contributed by atoms with Crippen LogP contribution < -0.4 is 10.2 Å². The van der Waals surface area contributed by atoms with Gasteiger partial charge in [0.15, 0.2) is 0 Å². The molecule has 0 aliphatic heterocycles. The first kappa shape index (κ1) is 88.4. The minimum absolute atomic E-state index is 0.00700. The molecule has 1 amide bonds. The predicted octanol–water partition coefficient (Wildman–Crippen LogP) is 25.0. The molecule has 0 saturated heterocycles. The highest BCUT2D eigenvalue weighted by atomic mass is 31.2. The summed E-state index contributed by atoms with van der Waals surface area (Å²) in [5.74, 6) is -0.202. The lowest BCUT2D eigenvalue weighted by Gasteiger charge is -2.29. The van der Waals surface area contributed by atoms with Gasteiger partial charge in [0.2, 0.25) is 5.91 Å². The standard InChI is InChI=1S/C82H151N2O6P/c1-6-8-10-12-14-16-18-20-22-24-26-28-30-32-34-36-37-38-39-40-41-42-43-44-45-46-47-48-50-52-54-56-58-60-62-64-66-68-70-72-74-76-82(86)83-80(79-90-91(87,88)89-78-77-84(3,4)5)81(85)75-73-71-69-67-65-63-61-59-57-55-53-51-49-35-33-31-29-27-25-23-21-19-17-15-13-11-9-7-2/h8,10,14,16,20,22,26,28,32,34,37-38,65,67,73,75,80-81,85H,6-7,9,11-13,15,17-19,21,23-25,27,29-31,33,35-36,39-64,66,68-72,74,76-79H2,1-5H3,(H-,83,86,87,88)/b10-8-,16-14-,22-20-,28-26-,34-32-,38-37-,67-65+,75-73+. The number of phosphoric ester groups is 1. The van der Waals surface area contributed by atoms with E-state index in [0.717, 1.165) is 77.0 Å². The van der Waals surface area contributed by atoms with Crippen molar-refractivity contribution in [3.63, 3.8) is 0 Å². The third-order valence-electron chi connectivity index (χ3n) is 17.5. The predicted molar refractivity (Wildman–Crippen MR) is 399 cm³/mol. The number of carbonyl (C=O) groups is 1. The van der Waals surface area contributed by atoms with Gasteiger partial charge in [-0.15, -0.1) is 0 Å². The van der Waals surface area contributed by atoms with E-state index in [1.807, 2.05) is 27.2 Å². The summed E-state index contributed by atoms with van der Waals surface area (Å²) in [5.41, 5.74) is 0. The van der Waals surface area contributed by atoms with E-state index in [4.69, 9.17) is 9.05 Å². The normalized spacial score (nSPS) is 14.1. The largest absolute Gasteiger partial charge is 0.756 e. The lowest BCUT2D eigenvalue weighted by molar-refractivity contribution is -0.870. The van der Waals surface area contributed by atoms with Crippen molar-refractivity contribution in [1.82, 2.24) is 5.32 Å². The van der Waals surface area contributed by atoms with Gasteiger partial charge in [-0.25, -0.2) is 0 Å². The van der Waals surface area contributed by atoms with Gasteiger partial charge in [0.25, 0.3) is 7.82 Å². The number of allylic oxidation sites excluding steroid dienone is 15. The van der Waals surface area contributed by atoms with Crippen LogP contribution in [0.5, 0.6) is 0 Å². The minimum Gasteiger partial charge on any atom is -0.756 e. The van der Waals surface area contributed by atoms with Crippen LogP contribution in [0, 0.1) is 0 Å². The highest BCUT2D eigenvalue weighted by molar-refractivity contribution is 7.45. The van der Waals surface area contributed by atoms with Gasteiger partial charge in [0.05, 0.1) is 39.9 Å². The van der Waals surface area contributed by atoms with Crippen molar-refractivity contribution >= 4 is 13.7 Å². The molecule has 3 atom stereocenters. The van der Waals surface area contributed by atoms with Gasteiger partial charge in [-0.05, 0) is 83.5 Å². The van der Waals surface area contributed by atoms with Crippen LogP contribution in [0.4, 0.5) is 0 Å². The Bertz CT molecular complexity index is 1810. The number of amides is 1. The maximum atomic E-state index is 13.1. The van der Waals surface area contributed by atoms with E-state index in [2.05, 4.69) is 104 Å². The number of aliphatic hydroxyl groups is 1. The van der Waals surface area contributed by atoms with Gasteiger partial charge < -0.3 is 28.8 Å². The number of quaternary nitrogens is 1. The lowest BCUT2D eigenvalue weighted by Crippen LogP contribution is -2.45. The van der Waals surface area contributed by atoms with Gasteiger partial charge in [-0.1, -0.05) is 374 Å². The highest BCUT2D eigenvalue weighted by Crippen LogP contribution is 2.38.